The van der Waals surface area contributed by atoms with Crippen LogP contribution in [-0.2, 0) is 16.6 Å². The summed E-state index contributed by atoms with van der Waals surface area (Å²) in [6, 6.07) is 7.18. The van der Waals surface area contributed by atoms with Crippen LogP contribution < -0.4 is 10.0 Å². The largest absolute Gasteiger partial charge is 0.446 e. The van der Waals surface area contributed by atoms with Crippen molar-refractivity contribution in [1.29, 1.82) is 0 Å². The molecular weight excluding hydrogens is 351 g/mol. The van der Waals surface area contributed by atoms with Crippen LogP contribution in [0.1, 0.15) is 5.76 Å². The van der Waals surface area contributed by atoms with Crippen LogP contribution in [0.15, 0.2) is 44.3 Å². The first-order chi connectivity index (χ1) is 9.42. The average molecular weight is 363 g/mol. The van der Waals surface area contributed by atoms with E-state index >= 15 is 0 Å². The predicted molar refractivity (Wildman–Crippen MR) is 76.4 cm³/mol. The van der Waals surface area contributed by atoms with Gasteiger partial charge in [-0.2, -0.15) is 0 Å². The van der Waals surface area contributed by atoms with Crippen molar-refractivity contribution in [2.45, 2.75) is 11.6 Å². The highest BCUT2D eigenvalue weighted by molar-refractivity contribution is 9.10. The summed E-state index contributed by atoms with van der Waals surface area (Å²) in [5, 5.41) is 2.87. The molecule has 1 heterocycles. The van der Waals surface area contributed by atoms with Crippen molar-refractivity contribution in [3.63, 3.8) is 0 Å². The highest BCUT2D eigenvalue weighted by Gasteiger charge is 2.16. The molecule has 0 fully saturated rings. The smallest absolute Gasteiger partial charge is 0.273 e. The van der Waals surface area contributed by atoms with Gasteiger partial charge in [0.2, 0.25) is 5.09 Å². The second-order valence-corrected chi connectivity index (χ2v) is 6.58. The van der Waals surface area contributed by atoms with Crippen molar-refractivity contribution in [3.8, 4) is 0 Å². The van der Waals surface area contributed by atoms with E-state index in [4.69, 9.17) is 4.42 Å². The standard InChI is InChI=1S/C12H12BrFN2O3S/c1-15-20(17,18)12-5-3-9(19-12)7-16-11-4-2-8(14)6-10(11)13/h2-6,15-16H,7H2,1H3. The third kappa shape index (κ3) is 3.38. The lowest BCUT2D eigenvalue weighted by Gasteiger charge is -2.06. The van der Waals surface area contributed by atoms with E-state index in [9.17, 15) is 12.8 Å². The summed E-state index contributed by atoms with van der Waals surface area (Å²) in [4.78, 5) is 0. The summed E-state index contributed by atoms with van der Waals surface area (Å²) in [7, 11) is -2.27. The minimum Gasteiger partial charge on any atom is -0.446 e. The quantitative estimate of drug-likeness (QED) is 0.857. The fourth-order valence-corrected chi connectivity index (χ4v) is 2.67. The Kier molecular flexibility index (Phi) is 4.46. The van der Waals surface area contributed by atoms with Crippen LogP contribution in [0.2, 0.25) is 0 Å². The monoisotopic (exact) mass is 362 g/mol. The maximum atomic E-state index is 12.9. The maximum absolute atomic E-state index is 12.9. The zero-order valence-corrected chi connectivity index (χ0v) is 12.9. The summed E-state index contributed by atoms with van der Waals surface area (Å²) in [5.41, 5.74) is 0.681. The SMILES string of the molecule is CNS(=O)(=O)c1ccc(CNc2ccc(F)cc2Br)o1. The van der Waals surface area contributed by atoms with Crippen molar-refractivity contribution in [1.82, 2.24) is 4.72 Å². The first-order valence-corrected chi connectivity index (χ1v) is 7.91. The summed E-state index contributed by atoms with van der Waals surface area (Å²) in [6.07, 6.45) is 0. The molecule has 2 N–H and O–H groups in total. The zero-order chi connectivity index (χ0) is 14.8. The van der Waals surface area contributed by atoms with Gasteiger partial charge in [0.05, 0.1) is 6.54 Å². The summed E-state index contributed by atoms with van der Waals surface area (Å²) < 4.78 is 43.9. The van der Waals surface area contributed by atoms with Gasteiger partial charge in [-0.3, -0.25) is 0 Å². The highest BCUT2D eigenvalue weighted by Crippen LogP contribution is 2.24. The Morgan fingerprint density at radius 2 is 2.05 bits per heavy atom. The van der Waals surface area contributed by atoms with E-state index in [1.54, 1.807) is 12.1 Å². The van der Waals surface area contributed by atoms with Gasteiger partial charge in [-0.15, -0.1) is 0 Å². The Bertz CT molecular complexity index is 715. The van der Waals surface area contributed by atoms with Crippen LogP contribution >= 0.6 is 15.9 Å². The van der Waals surface area contributed by atoms with Gasteiger partial charge in [-0.25, -0.2) is 17.5 Å². The first kappa shape index (κ1) is 15.0. The minimum absolute atomic E-state index is 0.144. The normalized spacial score (nSPS) is 11.6. The molecule has 0 aliphatic heterocycles. The van der Waals surface area contributed by atoms with E-state index < -0.39 is 10.0 Å². The molecule has 1 aromatic carbocycles. The predicted octanol–water partition coefficient (Wildman–Crippen LogP) is 2.70. The Morgan fingerprint density at radius 1 is 1.30 bits per heavy atom. The van der Waals surface area contributed by atoms with E-state index in [1.165, 1.54) is 25.2 Å². The summed E-state index contributed by atoms with van der Waals surface area (Å²) >= 11 is 3.23. The lowest BCUT2D eigenvalue weighted by atomic mass is 10.3. The molecule has 0 radical (unpaired) electrons. The van der Waals surface area contributed by atoms with E-state index in [2.05, 4.69) is 26.0 Å². The number of benzene rings is 1. The van der Waals surface area contributed by atoms with Crippen molar-refractivity contribution >= 4 is 31.6 Å². The number of anilines is 1. The molecule has 2 aromatic rings. The topological polar surface area (TPSA) is 71.3 Å². The van der Waals surface area contributed by atoms with Crippen LogP contribution in [0, 0.1) is 5.82 Å². The lowest BCUT2D eigenvalue weighted by molar-refractivity contribution is 0.417. The third-order valence-electron chi connectivity index (χ3n) is 2.55. The summed E-state index contributed by atoms with van der Waals surface area (Å²) in [6.45, 7) is 0.281. The molecule has 5 nitrogen and oxygen atoms in total. The molecule has 0 spiro atoms. The van der Waals surface area contributed by atoms with E-state index in [1.807, 2.05) is 0 Å². The molecule has 0 aliphatic carbocycles. The van der Waals surface area contributed by atoms with Gasteiger partial charge in [-0.1, -0.05) is 0 Å². The molecule has 1 aromatic heterocycles. The van der Waals surface area contributed by atoms with Crippen molar-refractivity contribution in [2.24, 2.45) is 0 Å². The molecule has 108 valence electrons. The fourth-order valence-electron chi connectivity index (χ4n) is 1.51. The van der Waals surface area contributed by atoms with E-state index in [-0.39, 0.29) is 17.5 Å². The van der Waals surface area contributed by atoms with Crippen LogP contribution in [0.25, 0.3) is 0 Å². The molecule has 0 amide bonds. The lowest BCUT2D eigenvalue weighted by Crippen LogP contribution is -2.17. The number of halogens is 2. The van der Waals surface area contributed by atoms with Crippen LogP contribution in [0.3, 0.4) is 0 Å². The molecule has 0 atom stereocenters. The Hall–Kier alpha value is -1.38. The Balaban J connectivity index is 2.08. The molecule has 0 saturated heterocycles. The number of rotatable bonds is 5. The fraction of sp³-hybridized carbons (Fsp3) is 0.167. The molecule has 0 unspecified atom stereocenters. The van der Waals surface area contributed by atoms with Gasteiger partial charge in [0.1, 0.15) is 11.6 Å². The maximum Gasteiger partial charge on any atom is 0.273 e. The second kappa shape index (κ2) is 5.94. The molecule has 2 rings (SSSR count). The zero-order valence-electron chi connectivity index (χ0n) is 10.5. The number of hydrogen-bond acceptors (Lipinski definition) is 4. The van der Waals surface area contributed by atoms with Crippen molar-refractivity contribution < 1.29 is 17.2 Å². The van der Waals surface area contributed by atoms with Gasteiger partial charge in [0.25, 0.3) is 10.0 Å². The van der Waals surface area contributed by atoms with Gasteiger partial charge in [0.15, 0.2) is 0 Å². The number of sulfonamides is 1. The summed E-state index contributed by atoms with van der Waals surface area (Å²) in [5.74, 6) is 0.109. The number of hydrogen-bond donors (Lipinski definition) is 2. The van der Waals surface area contributed by atoms with E-state index in [0.29, 0.717) is 15.9 Å². The number of furan rings is 1. The van der Waals surface area contributed by atoms with E-state index in [0.717, 1.165) is 0 Å². The minimum atomic E-state index is -3.58. The van der Waals surface area contributed by atoms with Crippen molar-refractivity contribution in [3.05, 3.63) is 46.4 Å². The molecule has 0 saturated carbocycles. The molecule has 0 bridgehead atoms. The number of nitrogens with one attached hydrogen (secondary N) is 2. The van der Waals surface area contributed by atoms with Gasteiger partial charge >= 0.3 is 0 Å². The Labute approximate surface area is 124 Å². The van der Waals surface area contributed by atoms with Gasteiger partial charge in [0, 0.05) is 10.2 Å². The Morgan fingerprint density at radius 3 is 2.70 bits per heavy atom. The third-order valence-corrected chi connectivity index (χ3v) is 4.50. The van der Waals surface area contributed by atoms with Crippen LogP contribution in [0.5, 0.6) is 0 Å². The van der Waals surface area contributed by atoms with Gasteiger partial charge in [-0.05, 0) is 53.3 Å². The van der Waals surface area contributed by atoms with Crippen molar-refractivity contribution in [2.75, 3.05) is 12.4 Å². The second-order valence-electron chi connectivity index (χ2n) is 3.91. The molecule has 0 aliphatic rings. The molecular formula is C12H12BrFN2O3S. The highest BCUT2D eigenvalue weighted by atomic mass is 79.9. The van der Waals surface area contributed by atoms with Crippen LogP contribution in [0.4, 0.5) is 10.1 Å². The first-order valence-electron chi connectivity index (χ1n) is 5.63. The van der Waals surface area contributed by atoms with Gasteiger partial charge < -0.3 is 9.73 Å². The molecule has 8 heteroatoms. The van der Waals surface area contributed by atoms with Crippen LogP contribution in [-0.4, -0.2) is 15.5 Å². The average Bonchev–Trinajstić information content (AvgIpc) is 2.87. The molecule has 20 heavy (non-hydrogen) atoms.